The maximum Gasteiger partial charge on any atom is 0.254 e. The average Bonchev–Trinajstić information content (AvgIpc) is 3.99. The molecule has 5 aromatic rings. The van der Waals surface area contributed by atoms with E-state index in [9.17, 15) is 14.7 Å². The van der Waals surface area contributed by atoms with E-state index in [1.165, 1.54) is 12.5 Å². The topological polar surface area (TPSA) is 130 Å². The van der Waals surface area contributed by atoms with Gasteiger partial charge in [0, 0.05) is 46.9 Å². The lowest BCUT2D eigenvalue weighted by Crippen LogP contribution is -2.52. The highest BCUT2D eigenvalue weighted by Crippen LogP contribution is 2.35. The number of rotatable bonds is 12. The number of aliphatic hydroxyl groups is 1. The zero-order chi connectivity index (χ0) is 34.5. The Hall–Kier alpha value is -4.68. The molecule has 0 spiro atoms. The van der Waals surface area contributed by atoms with Gasteiger partial charge in [0.2, 0.25) is 5.89 Å². The number of aromatic nitrogens is 2. The molecule has 10 nitrogen and oxygen atoms in total. The number of aryl methyl sites for hydroxylation is 1. The third kappa shape index (κ3) is 7.87. The monoisotopic (exact) mass is 691 g/mol. The molecule has 0 radical (unpaired) electrons. The van der Waals surface area contributed by atoms with Crippen LogP contribution in [-0.4, -0.2) is 69.2 Å². The van der Waals surface area contributed by atoms with Gasteiger partial charge in [-0.25, -0.2) is 9.97 Å². The van der Waals surface area contributed by atoms with Crippen LogP contribution in [0.1, 0.15) is 67.8 Å². The van der Waals surface area contributed by atoms with Crippen molar-refractivity contribution in [2.45, 2.75) is 69.5 Å². The van der Waals surface area contributed by atoms with Crippen molar-refractivity contribution in [1.82, 2.24) is 25.5 Å². The van der Waals surface area contributed by atoms with E-state index in [2.05, 4.69) is 20.6 Å². The summed E-state index contributed by atoms with van der Waals surface area (Å²) in [4.78, 5) is 39.1. The van der Waals surface area contributed by atoms with Crippen LogP contribution in [0, 0.1) is 6.92 Å². The molecule has 258 valence electrons. The SMILES string of the molecule is Cc1csc(C2CCCN2C(=O)c2cc(C(=O)NC(Cc3ccccc3)C(O)C3CC(OCc4ccccc4)CN3)cc(-c3ncco3)c2)n1. The minimum Gasteiger partial charge on any atom is -0.445 e. The van der Waals surface area contributed by atoms with Gasteiger partial charge in [0.15, 0.2) is 0 Å². The van der Waals surface area contributed by atoms with Gasteiger partial charge < -0.3 is 29.8 Å². The molecule has 2 amide bonds. The van der Waals surface area contributed by atoms with Crippen molar-refractivity contribution >= 4 is 23.2 Å². The smallest absolute Gasteiger partial charge is 0.254 e. The summed E-state index contributed by atoms with van der Waals surface area (Å²) in [5.41, 5.74) is 4.16. The maximum absolute atomic E-state index is 14.1. The number of oxazole rings is 1. The van der Waals surface area contributed by atoms with Crippen molar-refractivity contribution in [2.75, 3.05) is 13.1 Å². The molecule has 2 aliphatic rings. The normalized spacial score (nSPS) is 20.1. The standard InChI is InChI=1S/C39H41N5O5S/c1-25-24-50-38(42-25)34-13-8-15-44(34)39(47)30-19-28(18-29(20-30)37-40-14-16-48-37)36(46)43-33(17-26-9-4-2-5-10-26)35(45)32-21-31(22-41-32)49-23-27-11-6-3-7-12-27/h2-7,9-12,14,16,18-20,24,31-35,41,45H,8,13,15,17,21-23H2,1H3,(H,43,46). The molecule has 50 heavy (non-hydrogen) atoms. The lowest BCUT2D eigenvalue weighted by molar-refractivity contribution is 0.0419. The van der Waals surface area contributed by atoms with Gasteiger partial charge in [-0.1, -0.05) is 60.7 Å². The molecule has 5 atom stereocenters. The Labute approximate surface area is 295 Å². The van der Waals surface area contributed by atoms with Crippen molar-refractivity contribution in [3.63, 3.8) is 0 Å². The fourth-order valence-electron chi connectivity index (χ4n) is 6.89. The number of benzene rings is 3. The Morgan fingerprint density at radius 3 is 2.56 bits per heavy atom. The first-order valence-electron chi connectivity index (χ1n) is 17.1. The highest BCUT2D eigenvalue weighted by molar-refractivity contribution is 7.09. The van der Waals surface area contributed by atoms with Crippen LogP contribution in [0.5, 0.6) is 0 Å². The Bertz CT molecular complexity index is 1880. The van der Waals surface area contributed by atoms with Crippen LogP contribution in [0.15, 0.2) is 101 Å². The summed E-state index contributed by atoms with van der Waals surface area (Å²) in [5, 5.41) is 21.2. The zero-order valence-corrected chi connectivity index (χ0v) is 28.7. The van der Waals surface area contributed by atoms with Crippen LogP contribution in [0.4, 0.5) is 0 Å². The Kier molecular flexibility index (Phi) is 10.5. The minimum absolute atomic E-state index is 0.0725. The van der Waals surface area contributed by atoms with Gasteiger partial charge in [0.1, 0.15) is 11.3 Å². The van der Waals surface area contributed by atoms with Crippen molar-refractivity contribution in [3.8, 4) is 11.5 Å². The lowest BCUT2D eigenvalue weighted by atomic mass is 9.94. The van der Waals surface area contributed by atoms with Gasteiger partial charge in [-0.05, 0) is 61.9 Å². The lowest BCUT2D eigenvalue weighted by Gasteiger charge is -2.29. The molecule has 3 N–H and O–H groups in total. The van der Waals surface area contributed by atoms with E-state index in [0.717, 1.165) is 34.7 Å². The number of ether oxygens (including phenoxy) is 1. The van der Waals surface area contributed by atoms with Crippen molar-refractivity contribution in [2.24, 2.45) is 0 Å². The number of carbonyl (C=O) groups excluding carboxylic acids is 2. The quantitative estimate of drug-likeness (QED) is 0.151. The second kappa shape index (κ2) is 15.5. The molecule has 7 rings (SSSR count). The van der Waals surface area contributed by atoms with Gasteiger partial charge in [-0.3, -0.25) is 9.59 Å². The predicted molar refractivity (Wildman–Crippen MR) is 191 cm³/mol. The number of likely N-dealkylation sites (tertiary alicyclic amines) is 1. The van der Waals surface area contributed by atoms with Gasteiger partial charge >= 0.3 is 0 Å². The van der Waals surface area contributed by atoms with E-state index in [4.69, 9.17) is 9.15 Å². The van der Waals surface area contributed by atoms with E-state index in [1.807, 2.05) is 77.9 Å². The molecule has 0 bridgehead atoms. The van der Waals surface area contributed by atoms with E-state index in [0.29, 0.717) is 49.6 Å². The van der Waals surface area contributed by atoms with Crippen LogP contribution in [-0.2, 0) is 17.8 Å². The van der Waals surface area contributed by atoms with Crippen molar-refractivity contribution in [1.29, 1.82) is 0 Å². The second-order valence-corrected chi connectivity index (χ2v) is 13.9. The molecule has 2 aliphatic heterocycles. The van der Waals surface area contributed by atoms with E-state index < -0.39 is 18.1 Å². The number of carbonyl (C=O) groups is 2. The number of hydrogen-bond acceptors (Lipinski definition) is 9. The maximum atomic E-state index is 14.1. The summed E-state index contributed by atoms with van der Waals surface area (Å²) in [7, 11) is 0. The van der Waals surface area contributed by atoms with Crippen molar-refractivity contribution < 1.29 is 23.8 Å². The molecule has 11 heteroatoms. The molecule has 2 saturated heterocycles. The first-order chi connectivity index (χ1) is 24.4. The summed E-state index contributed by atoms with van der Waals surface area (Å²) in [5.74, 6) is -0.281. The number of thiazole rings is 1. The van der Waals surface area contributed by atoms with Crippen molar-refractivity contribution in [3.05, 3.63) is 130 Å². The van der Waals surface area contributed by atoms with E-state index >= 15 is 0 Å². The summed E-state index contributed by atoms with van der Waals surface area (Å²) in [6.45, 7) is 3.64. The molecule has 5 unspecified atom stereocenters. The number of nitrogens with one attached hydrogen (secondary N) is 2. The average molecular weight is 692 g/mol. The molecular formula is C39H41N5O5S. The molecule has 3 aromatic carbocycles. The molecule has 0 saturated carbocycles. The Morgan fingerprint density at radius 2 is 1.84 bits per heavy atom. The number of nitrogens with zero attached hydrogens (tertiary/aromatic N) is 3. The second-order valence-electron chi connectivity index (χ2n) is 13.0. The number of amides is 2. The molecular weight excluding hydrogens is 651 g/mol. The van der Waals surface area contributed by atoms with Gasteiger partial charge in [0.05, 0.1) is 37.1 Å². The van der Waals surface area contributed by atoms with Crippen LogP contribution in [0.25, 0.3) is 11.5 Å². The van der Waals surface area contributed by atoms with E-state index in [1.54, 1.807) is 29.5 Å². The minimum atomic E-state index is -0.910. The molecule has 2 aromatic heterocycles. The molecule has 4 heterocycles. The Morgan fingerprint density at radius 1 is 1.08 bits per heavy atom. The number of hydrogen-bond donors (Lipinski definition) is 3. The fraction of sp³-hybridized carbons (Fsp3) is 0.333. The van der Waals surface area contributed by atoms with E-state index in [-0.39, 0.29) is 29.7 Å². The van der Waals surface area contributed by atoms with Gasteiger partial charge in [-0.15, -0.1) is 11.3 Å². The van der Waals surface area contributed by atoms with Crippen LogP contribution in [0.3, 0.4) is 0 Å². The largest absolute Gasteiger partial charge is 0.445 e. The van der Waals surface area contributed by atoms with Gasteiger partial charge in [0.25, 0.3) is 11.8 Å². The van der Waals surface area contributed by atoms with Crippen LogP contribution < -0.4 is 10.6 Å². The summed E-state index contributed by atoms with van der Waals surface area (Å²) in [6.07, 6.45) is 4.72. The first kappa shape index (κ1) is 33.8. The third-order valence-corrected chi connectivity index (χ3v) is 10.5. The highest BCUT2D eigenvalue weighted by atomic mass is 32.1. The van der Waals surface area contributed by atoms with Crippen LogP contribution in [0.2, 0.25) is 0 Å². The predicted octanol–water partition coefficient (Wildman–Crippen LogP) is 5.73. The Balaban J connectivity index is 1.12. The third-order valence-electron chi connectivity index (χ3n) is 9.45. The zero-order valence-electron chi connectivity index (χ0n) is 27.9. The molecule has 0 aliphatic carbocycles. The highest BCUT2D eigenvalue weighted by Gasteiger charge is 2.36. The van der Waals surface area contributed by atoms with Crippen LogP contribution >= 0.6 is 11.3 Å². The first-order valence-corrected chi connectivity index (χ1v) is 18.0. The summed E-state index contributed by atoms with van der Waals surface area (Å²) >= 11 is 1.56. The summed E-state index contributed by atoms with van der Waals surface area (Å²) < 4.78 is 11.8. The number of aliphatic hydroxyl groups excluding tert-OH is 1. The van der Waals surface area contributed by atoms with Gasteiger partial charge in [-0.2, -0.15) is 0 Å². The fourth-order valence-corrected chi connectivity index (χ4v) is 7.84. The molecule has 2 fully saturated rings. The summed E-state index contributed by atoms with van der Waals surface area (Å²) in [6, 6.07) is 23.8.